The zero-order valence-corrected chi connectivity index (χ0v) is 9.14. The second-order valence-electron chi connectivity index (χ2n) is 3.57. The second kappa shape index (κ2) is 3.55. The SMILES string of the molecule is COc1cccc2c1[nH]c(=O)n2-c1ccco1. The molecule has 2 heterocycles. The Labute approximate surface area is 96.2 Å². The molecule has 0 unspecified atom stereocenters. The Morgan fingerprint density at radius 3 is 2.88 bits per heavy atom. The number of benzene rings is 1. The number of para-hydroxylation sites is 1. The molecular weight excluding hydrogens is 220 g/mol. The predicted molar refractivity (Wildman–Crippen MR) is 62.7 cm³/mol. The summed E-state index contributed by atoms with van der Waals surface area (Å²) in [4.78, 5) is 14.7. The quantitative estimate of drug-likeness (QED) is 0.731. The van der Waals surface area contributed by atoms with Gasteiger partial charge in [0.2, 0.25) is 5.88 Å². The van der Waals surface area contributed by atoms with Crippen molar-refractivity contribution >= 4 is 11.0 Å². The summed E-state index contributed by atoms with van der Waals surface area (Å²) in [7, 11) is 1.57. The lowest BCUT2D eigenvalue weighted by Gasteiger charge is -2.01. The minimum absolute atomic E-state index is 0.251. The van der Waals surface area contributed by atoms with E-state index in [1.165, 1.54) is 10.8 Å². The average molecular weight is 230 g/mol. The number of imidazole rings is 1. The monoisotopic (exact) mass is 230 g/mol. The number of ether oxygens (including phenoxy) is 1. The van der Waals surface area contributed by atoms with Crippen LogP contribution in [0.4, 0.5) is 0 Å². The maximum Gasteiger partial charge on any atom is 0.333 e. The Bertz CT molecular complexity index is 707. The van der Waals surface area contributed by atoms with Gasteiger partial charge in [-0.25, -0.2) is 9.36 Å². The van der Waals surface area contributed by atoms with Crippen LogP contribution in [0.25, 0.3) is 16.9 Å². The molecule has 5 nitrogen and oxygen atoms in total. The second-order valence-corrected chi connectivity index (χ2v) is 3.57. The molecule has 0 radical (unpaired) electrons. The molecule has 5 heteroatoms. The first-order valence-electron chi connectivity index (χ1n) is 5.13. The van der Waals surface area contributed by atoms with Crippen LogP contribution in [0.1, 0.15) is 0 Å². The van der Waals surface area contributed by atoms with Crippen molar-refractivity contribution in [3.63, 3.8) is 0 Å². The van der Waals surface area contributed by atoms with Crippen molar-refractivity contribution in [3.8, 4) is 11.6 Å². The molecule has 1 aromatic carbocycles. The molecule has 86 valence electrons. The van der Waals surface area contributed by atoms with Gasteiger partial charge in [0, 0.05) is 6.07 Å². The van der Waals surface area contributed by atoms with E-state index < -0.39 is 0 Å². The van der Waals surface area contributed by atoms with E-state index in [2.05, 4.69) is 4.98 Å². The number of aromatic nitrogens is 2. The van der Waals surface area contributed by atoms with Crippen molar-refractivity contribution in [1.29, 1.82) is 0 Å². The van der Waals surface area contributed by atoms with Gasteiger partial charge in [0.05, 0.1) is 18.9 Å². The van der Waals surface area contributed by atoms with Crippen LogP contribution >= 0.6 is 0 Å². The Hall–Kier alpha value is -2.43. The van der Waals surface area contributed by atoms with Crippen LogP contribution < -0.4 is 10.4 Å². The van der Waals surface area contributed by atoms with Crippen molar-refractivity contribution in [3.05, 3.63) is 47.1 Å². The van der Waals surface area contributed by atoms with Crippen molar-refractivity contribution in [2.24, 2.45) is 0 Å². The molecule has 0 aliphatic heterocycles. The molecular formula is C12H10N2O3. The zero-order chi connectivity index (χ0) is 11.8. The van der Waals surface area contributed by atoms with E-state index in [4.69, 9.17) is 9.15 Å². The van der Waals surface area contributed by atoms with Gasteiger partial charge in [0.15, 0.2) is 0 Å². The van der Waals surface area contributed by atoms with E-state index in [1.807, 2.05) is 12.1 Å². The summed E-state index contributed by atoms with van der Waals surface area (Å²) >= 11 is 0. The van der Waals surface area contributed by atoms with Gasteiger partial charge >= 0.3 is 5.69 Å². The maximum atomic E-state index is 11.9. The van der Waals surface area contributed by atoms with Crippen LogP contribution in [0, 0.1) is 0 Å². The summed E-state index contributed by atoms with van der Waals surface area (Å²) in [6.45, 7) is 0. The number of hydrogen-bond acceptors (Lipinski definition) is 3. The Kier molecular flexibility index (Phi) is 2.04. The average Bonchev–Trinajstić information content (AvgIpc) is 2.93. The van der Waals surface area contributed by atoms with Gasteiger partial charge in [-0.3, -0.25) is 0 Å². The van der Waals surface area contributed by atoms with Crippen molar-refractivity contribution in [1.82, 2.24) is 9.55 Å². The number of aromatic amines is 1. The number of hydrogen-bond donors (Lipinski definition) is 1. The highest BCUT2D eigenvalue weighted by molar-refractivity contribution is 5.83. The van der Waals surface area contributed by atoms with Gasteiger partial charge < -0.3 is 14.1 Å². The molecule has 0 amide bonds. The van der Waals surface area contributed by atoms with Gasteiger partial charge in [0.25, 0.3) is 0 Å². The highest BCUT2D eigenvalue weighted by Crippen LogP contribution is 2.24. The molecule has 0 aliphatic carbocycles. The van der Waals surface area contributed by atoms with E-state index in [1.54, 1.807) is 25.3 Å². The molecule has 0 bridgehead atoms. The first-order chi connectivity index (χ1) is 8.31. The minimum atomic E-state index is -0.251. The van der Waals surface area contributed by atoms with Crippen LogP contribution in [0.15, 0.2) is 45.8 Å². The summed E-state index contributed by atoms with van der Waals surface area (Å²) in [5.74, 6) is 1.11. The van der Waals surface area contributed by atoms with Crippen LogP contribution in [-0.2, 0) is 0 Å². The van der Waals surface area contributed by atoms with Crippen molar-refractivity contribution < 1.29 is 9.15 Å². The van der Waals surface area contributed by atoms with Gasteiger partial charge in [-0.2, -0.15) is 0 Å². The molecule has 2 aromatic heterocycles. The highest BCUT2D eigenvalue weighted by atomic mass is 16.5. The number of furan rings is 1. The fourth-order valence-electron chi connectivity index (χ4n) is 1.89. The van der Waals surface area contributed by atoms with E-state index in [0.717, 1.165) is 5.52 Å². The molecule has 3 aromatic rings. The standard InChI is InChI=1S/C12H10N2O3/c1-16-9-5-2-4-8-11(9)13-12(15)14(8)10-6-3-7-17-10/h2-7H,1H3,(H,13,15). The molecule has 0 saturated heterocycles. The molecule has 0 fully saturated rings. The van der Waals surface area contributed by atoms with E-state index in [0.29, 0.717) is 17.2 Å². The lowest BCUT2D eigenvalue weighted by molar-refractivity contribution is 0.419. The van der Waals surface area contributed by atoms with Crippen molar-refractivity contribution in [2.45, 2.75) is 0 Å². The van der Waals surface area contributed by atoms with Gasteiger partial charge in [0.1, 0.15) is 11.3 Å². The summed E-state index contributed by atoms with van der Waals surface area (Å²) in [6, 6.07) is 8.92. The summed E-state index contributed by atoms with van der Waals surface area (Å²) in [5, 5.41) is 0. The lowest BCUT2D eigenvalue weighted by Crippen LogP contribution is -2.13. The summed E-state index contributed by atoms with van der Waals surface area (Å²) in [6.07, 6.45) is 1.53. The van der Waals surface area contributed by atoms with Gasteiger partial charge in [-0.05, 0) is 18.2 Å². The van der Waals surface area contributed by atoms with Crippen LogP contribution in [-0.4, -0.2) is 16.7 Å². The maximum absolute atomic E-state index is 11.9. The largest absolute Gasteiger partial charge is 0.494 e. The molecule has 0 aliphatic rings. The smallest absolute Gasteiger partial charge is 0.333 e. The third kappa shape index (κ3) is 1.36. The van der Waals surface area contributed by atoms with Crippen LogP contribution in [0.3, 0.4) is 0 Å². The fourth-order valence-corrected chi connectivity index (χ4v) is 1.89. The predicted octanol–water partition coefficient (Wildman–Crippen LogP) is 1.92. The van der Waals surface area contributed by atoms with Gasteiger partial charge in [-0.1, -0.05) is 6.07 Å². The molecule has 0 atom stereocenters. The zero-order valence-electron chi connectivity index (χ0n) is 9.14. The summed E-state index contributed by atoms with van der Waals surface area (Å²) < 4.78 is 11.9. The number of rotatable bonds is 2. The topological polar surface area (TPSA) is 60.2 Å². The van der Waals surface area contributed by atoms with E-state index in [9.17, 15) is 4.79 Å². The number of nitrogens with one attached hydrogen (secondary N) is 1. The molecule has 1 N–H and O–H groups in total. The van der Waals surface area contributed by atoms with E-state index in [-0.39, 0.29) is 5.69 Å². The number of H-pyrrole nitrogens is 1. The third-order valence-electron chi connectivity index (χ3n) is 2.63. The summed E-state index contributed by atoms with van der Waals surface area (Å²) in [5.41, 5.74) is 1.14. The Balaban J connectivity index is 2.40. The van der Waals surface area contributed by atoms with E-state index >= 15 is 0 Å². The Morgan fingerprint density at radius 2 is 2.18 bits per heavy atom. The molecule has 0 spiro atoms. The number of nitrogens with zero attached hydrogens (tertiary/aromatic N) is 1. The normalized spacial score (nSPS) is 10.9. The molecule has 17 heavy (non-hydrogen) atoms. The van der Waals surface area contributed by atoms with Crippen LogP contribution in [0.2, 0.25) is 0 Å². The van der Waals surface area contributed by atoms with Crippen molar-refractivity contribution in [2.75, 3.05) is 7.11 Å². The third-order valence-corrected chi connectivity index (χ3v) is 2.63. The lowest BCUT2D eigenvalue weighted by atomic mass is 10.3. The first kappa shape index (κ1) is 9.77. The first-order valence-corrected chi connectivity index (χ1v) is 5.13. The van der Waals surface area contributed by atoms with Crippen LogP contribution in [0.5, 0.6) is 5.75 Å². The number of fused-ring (bicyclic) bond motifs is 1. The number of methoxy groups -OCH3 is 1. The van der Waals surface area contributed by atoms with Gasteiger partial charge in [-0.15, -0.1) is 0 Å². The molecule has 3 rings (SSSR count). The minimum Gasteiger partial charge on any atom is -0.494 e. The fraction of sp³-hybridized carbons (Fsp3) is 0.0833. The Morgan fingerprint density at radius 1 is 1.29 bits per heavy atom. The molecule has 0 saturated carbocycles. The highest BCUT2D eigenvalue weighted by Gasteiger charge is 2.13.